The third-order valence-electron chi connectivity index (χ3n) is 5.83. The first-order valence-corrected chi connectivity index (χ1v) is 9.90. The maximum absolute atomic E-state index is 13.7. The van der Waals surface area contributed by atoms with Gasteiger partial charge in [-0.2, -0.15) is 0 Å². The summed E-state index contributed by atoms with van der Waals surface area (Å²) < 4.78 is 13.7. The summed E-state index contributed by atoms with van der Waals surface area (Å²) in [7, 11) is 0. The van der Waals surface area contributed by atoms with Crippen molar-refractivity contribution < 1.29 is 9.18 Å². The molecule has 1 unspecified atom stereocenters. The minimum Gasteiger partial charge on any atom is -0.363 e. The van der Waals surface area contributed by atoms with Crippen LogP contribution in [0.5, 0.6) is 0 Å². The van der Waals surface area contributed by atoms with Crippen molar-refractivity contribution in [1.82, 2.24) is 9.88 Å². The Morgan fingerprint density at radius 2 is 2.00 bits per heavy atom. The second-order valence-electron chi connectivity index (χ2n) is 7.84. The highest BCUT2D eigenvalue weighted by atomic mass is 19.1. The fourth-order valence-electron chi connectivity index (χ4n) is 4.10. The highest BCUT2D eigenvalue weighted by molar-refractivity contribution is 5.94. The summed E-state index contributed by atoms with van der Waals surface area (Å²) >= 11 is 0. The van der Waals surface area contributed by atoms with E-state index in [1.165, 1.54) is 11.6 Å². The van der Waals surface area contributed by atoms with Crippen LogP contribution >= 0.6 is 0 Å². The Morgan fingerprint density at radius 1 is 1.19 bits per heavy atom. The predicted octanol–water partition coefficient (Wildman–Crippen LogP) is 4.58. The normalized spacial score (nSPS) is 20.2. The van der Waals surface area contributed by atoms with Crippen molar-refractivity contribution in [2.24, 2.45) is 5.92 Å². The molecule has 0 bridgehead atoms. The van der Waals surface area contributed by atoms with Crippen LogP contribution in [0.4, 0.5) is 10.2 Å². The first-order chi connectivity index (χ1) is 13.1. The van der Waals surface area contributed by atoms with Gasteiger partial charge in [0.25, 0.3) is 5.91 Å². The zero-order valence-electron chi connectivity index (χ0n) is 15.7. The number of nitrogens with zero attached hydrogens (tertiary/aromatic N) is 2. The van der Waals surface area contributed by atoms with E-state index in [4.69, 9.17) is 0 Å². The monoisotopic (exact) mass is 367 g/mol. The minimum atomic E-state index is -0.202. The molecule has 2 aliphatic rings. The lowest BCUT2D eigenvalue weighted by Crippen LogP contribution is -2.37. The number of aromatic nitrogens is 1. The summed E-state index contributed by atoms with van der Waals surface area (Å²) in [4.78, 5) is 19.0. The standard InChI is InChI=1S/C22H26FN3O/c1-15-9-11-26(12-10-15)22(27)17-6-8-21(24-14-17)25-20-4-2-3-16-5-7-18(23)13-19(16)20/h5-8,13-15,20H,2-4,9-12H2,1H3,(H,24,25). The van der Waals surface area contributed by atoms with Crippen LogP contribution in [0.1, 0.15) is 60.1 Å². The number of fused-ring (bicyclic) bond motifs is 1. The summed E-state index contributed by atoms with van der Waals surface area (Å²) in [5.41, 5.74) is 2.85. The van der Waals surface area contributed by atoms with Crippen LogP contribution in [0.2, 0.25) is 0 Å². The fraction of sp³-hybridized carbons (Fsp3) is 0.455. The van der Waals surface area contributed by atoms with Crippen molar-refractivity contribution in [2.75, 3.05) is 18.4 Å². The zero-order chi connectivity index (χ0) is 18.8. The molecule has 1 aliphatic carbocycles. The Labute approximate surface area is 159 Å². The lowest BCUT2D eigenvalue weighted by atomic mass is 9.87. The molecule has 2 aromatic rings. The summed E-state index contributed by atoms with van der Waals surface area (Å²) in [6, 6.07) is 8.79. The quantitative estimate of drug-likeness (QED) is 0.863. The number of hydrogen-bond donors (Lipinski definition) is 1. The molecular weight excluding hydrogens is 341 g/mol. The smallest absolute Gasteiger partial charge is 0.255 e. The second kappa shape index (κ2) is 7.67. The molecule has 5 heteroatoms. The summed E-state index contributed by atoms with van der Waals surface area (Å²) in [5, 5.41) is 3.41. The van der Waals surface area contributed by atoms with E-state index in [9.17, 15) is 9.18 Å². The van der Waals surface area contributed by atoms with E-state index in [-0.39, 0.29) is 17.8 Å². The van der Waals surface area contributed by atoms with Crippen molar-refractivity contribution in [3.05, 3.63) is 59.0 Å². The van der Waals surface area contributed by atoms with Crippen LogP contribution in [0.15, 0.2) is 36.5 Å². The van der Waals surface area contributed by atoms with Crippen molar-refractivity contribution >= 4 is 11.7 Å². The van der Waals surface area contributed by atoms with Crippen LogP contribution in [0.25, 0.3) is 0 Å². The number of likely N-dealkylation sites (tertiary alicyclic amines) is 1. The van der Waals surface area contributed by atoms with Crippen LogP contribution in [0, 0.1) is 11.7 Å². The number of halogens is 1. The number of carbonyl (C=O) groups excluding carboxylic acids is 1. The van der Waals surface area contributed by atoms with Crippen LogP contribution < -0.4 is 5.32 Å². The van der Waals surface area contributed by atoms with Gasteiger partial charge >= 0.3 is 0 Å². The van der Waals surface area contributed by atoms with Gasteiger partial charge < -0.3 is 10.2 Å². The molecule has 142 valence electrons. The van der Waals surface area contributed by atoms with Crippen LogP contribution in [-0.2, 0) is 6.42 Å². The molecule has 0 saturated carbocycles. The van der Waals surface area contributed by atoms with E-state index in [1.807, 2.05) is 23.1 Å². The summed E-state index contributed by atoms with van der Waals surface area (Å²) in [5.74, 6) is 1.28. The third-order valence-corrected chi connectivity index (χ3v) is 5.83. The molecule has 1 saturated heterocycles. The van der Waals surface area contributed by atoms with Gasteiger partial charge in [-0.15, -0.1) is 0 Å². The minimum absolute atomic E-state index is 0.0575. The molecule has 1 N–H and O–H groups in total. The van der Waals surface area contributed by atoms with Crippen molar-refractivity contribution in [1.29, 1.82) is 0 Å². The molecule has 1 amide bonds. The molecule has 1 aromatic heterocycles. The van der Waals surface area contributed by atoms with Gasteiger partial charge in [0.1, 0.15) is 11.6 Å². The Morgan fingerprint density at radius 3 is 2.74 bits per heavy atom. The van der Waals surface area contributed by atoms with E-state index < -0.39 is 0 Å². The maximum atomic E-state index is 13.7. The van der Waals surface area contributed by atoms with E-state index in [0.29, 0.717) is 11.5 Å². The van der Waals surface area contributed by atoms with Crippen LogP contribution in [-0.4, -0.2) is 28.9 Å². The largest absolute Gasteiger partial charge is 0.363 e. The molecule has 27 heavy (non-hydrogen) atoms. The van der Waals surface area contributed by atoms with Crippen LogP contribution in [0.3, 0.4) is 0 Å². The van der Waals surface area contributed by atoms with Crippen molar-refractivity contribution in [3.8, 4) is 0 Å². The first-order valence-electron chi connectivity index (χ1n) is 9.90. The average Bonchev–Trinajstić information content (AvgIpc) is 2.69. The molecule has 1 aromatic carbocycles. The van der Waals surface area contributed by atoms with Gasteiger partial charge in [-0.3, -0.25) is 4.79 Å². The highest BCUT2D eigenvalue weighted by Crippen LogP contribution is 2.32. The molecular formula is C22H26FN3O. The molecule has 0 spiro atoms. The van der Waals surface area contributed by atoms with Gasteiger partial charge in [0.15, 0.2) is 0 Å². The molecule has 1 aliphatic heterocycles. The third kappa shape index (κ3) is 3.97. The number of rotatable bonds is 3. The number of anilines is 1. The molecule has 0 radical (unpaired) electrons. The average molecular weight is 367 g/mol. The molecule has 2 heterocycles. The Balaban J connectivity index is 1.45. The van der Waals surface area contributed by atoms with Gasteiger partial charge in [0.2, 0.25) is 0 Å². The number of piperidine rings is 1. The Kier molecular flexibility index (Phi) is 5.10. The number of carbonyl (C=O) groups is 1. The molecule has 1 atom stereocenters. The van der Waals surface area contributed by atoms with Gasteiger partial charge in [-0.05, 0) is 73.4 Å². The lowest BCUT2D eigenvalue weighted by Gasteiger charge is -2.30. The van der Waals surface area contributed by atoms with E-state index in [2.05, 4.69) is 17.2 Å². The van der Waals surface area contributed by atoms with Crippen molar-refractivity contribution in [2.45, 2.75) is 45.1 Å². The predicted molar refractivity (Wildman–Crippen MR) is 104 cm³/mol. The number of pyridine rings is 1. The fourth-order valence-corrected chi connectivity index (χ4v) is 4.10. The number of aryl methyl sites for hydroxylation is 1. The van der Waals surface area contributed by atoms with Gasteiger partial charge in [0.05, 0.1) is 11.6 Å². The number of amides is 1. The van der Waals surface area contributed by atoms with E-state index in [1.54, 1.807) is 12.3 Å². The van der Waals surface area contributed by atoms with Crippen molar-refractivity contribution in [3.63, 3.8) is 0 Å². The molecule has 1 fully saturated rings. The van der Waals surface area contributed by atoms with Gasteiger partial charge in [-0.1, -0.05) is 13.0 Å². The SMILES string of the molecule is CC1CCN(C(=O)c2ccc(NC3CCCc4ccc(F)cc43)nc2)CC1. The Bertz CT molecular complexity index is 813. The molecule has 4 nitrogen and oxygen atoms in total. The zero-order valence-corrected chi connectivity index (χ0v) is 15.7. The van der Waals surface area contributed by atoms with E-state index in [0.717, 1.165) is 56.6 Å². The topological polar surface area (TPSA) is 45.2 Å². The summed E-state index contributed by atoms with van der Waals surface area (Å²) in [6.07, 6.45) is 6.79. The molecule has 4 rings (SSSR count). The van der Waals surface area contributed by atoms with Gasteiger partial charge in [0, 0.05) is 19.3 Å². The van der Waals surface area contributed by atoms with Gasteiger partial charge in [-0.25, -0.2) is 9.37 Å². The number of nitrogens with one attached hydrogen (secondary N) is 1. The van der Waals surface area contributed by atoms with E-state index >= 15 is 0 Å². The summed E-state index contributed by atoms with van der Waals surface area (Å²) in [6.45, 7) is 3.88. The maximum Gasteiger partial charge on any atom is 0.255 e. The Hall–Kier alpha value is -2.43. The second-order valence-corrected chi connectivity index (χ2v) is 7.84. The first kappa shape index (κ1) is 18.0. The highest BCUT2D eigenvalue weighted by Gasteiger charge is 2.23. The number of hydrogen-bond acceptors (Lipinski definition) is 3. The lowest BCUT2D eigenvalue weighted by molar-refractivity contribution is 0.0697. The number of benzene rings is 1.